The molecule has 0 atom stereocenters. The Labute approximate surface area is 116 Å². The summed E-state index contributed by atoms with van der Waals surface area (Å²) in [6, 6.07) is 9.12. The molecule has 0 bridgehead atoms. The molecule has 1 fully saturated rings. The topological polar surface area (TPSA) is 72.6 Å². The Morgan fingerprint density at radius 1 is 1.40 bits per heavy atom. The maximum absolute atomic E-state index is 11.4. The Bertz CT molecular complexity index is 643. The van der Waals surface area contributed by atoms with Crippen LogP contribution in [0.25, 0.3) is 11.3 Å². The van der Waals surface area contributed by atoms with E-state index in [1.807, 2.05) is 24.3 Å². The van der Waals surface area contributed by atoms with Crippen molar-refractivity contribution in [1.82, 2.24) is 5.16 Å². The molecule has 1 aliphatic rings. The second-order valence-electron chi connectivity index (χ2n) is 5.05. The van der Waals surface area contributed by atoms with Gasteiger partial charge in [-0.15, -0.1) is 0 Å². The van der Waals surface area contributed by atoms with Gasteiger partial charge in [0.15, 0.2) is 5.76 Å². The molecule has 0 saturated heterocycles. The molecular formula is C15H15NO4. The smallest absolute Gasteiger partial charge is 0.315 e. The number of carboxylic acid groups (broad SMARTS) is 1. The number of methoxy groups -OCH3 is 1. The van der Waals surface area contributed by atoms with E-state index < -0.39 is 11.4 Å². The highest BCUT2D eigenvalue weighted by Gasteiger charge is 2.48. The number of nitrogens with zero attached hydrogens (tertiary/aromatic N) is 1. The van der Waals surface area contributed by atoms with Crippen LogP contribution in [0.1, 0.15) is 25.0 Å². The number of carboxylic acids is 1. The lowest BCUT2D eigenvalue weighted by atomic mass is 9.66. The van der Waals surface area contributed by atoms with E-state index in [1.54, 1.807) is 13.2 Å². The summed E-state index contributed by atoms with van der Waals surface area (Å²) in [6.07, 6.45) is 2.15. The summed E-state index contributed by atoms with van der Waals surface area (Å²) >= 11 is 0. The Balaban J connectivity index is 1.95. The summed E-state index contributed by atoms with van der Waals surface area (Å²) < 4.78 is 10.5. The van der Waals surface area contributed by atoms with Crippen molar-refractivity contribution in [2.75, 3.05) is 7.11 Å². The van der Waals surface area contributed by atoms with Gasteiger partial charge in [-0.25, -0.2) is 0 Å². The van der Waals surface area contributed by atoms with Crippen molar-refractivity contribution in [3.05, 3.63) is 36.0 Å². The zero-order valence-corrected chi connectivity index (χ0v) is 11.1. The quantitative estimate of drug-likeness (QED) is 0.927. The minimum atomic E-state index is -0.860. The van der Waals surface area contributed by atoms with Gasteiger partial charge in [0.05, 0.1) is 7.11 Å². The van der Waals surface area contributed by atoms with Gasteiger partial charge in [0, 0.05) is 11.6 Å². The van der Waals surface area contributed by atoms with Crippen LogP contribution in [0.3, 0.4) is 0 Å². The van der Waals surface area contributed by atoms with Gasteiger partial charge in [-0.05, 0) is 25.0 Å². The van der Waals surface area contributed by atoms with Crippen LogP contribution < -0.4 is 4.74 Å². The van der Waals surface area contributed by atoms with Gasteiger partial charge < -0.3 is 14.4 Å². The molecule has 0 spiro atoms. The third-order valence-electron chi connectivity index (χ3n) is 3.97. The van der Waals surface area contributed by atoms with Crippen LogP contribution in [0.4, 0.5) is 0 Å². The first kappa shape index (κ1) is 12.7. The molecule has 1 aromatic heterocycles. The number of hydrogen-bond donors (Lipinski definition) is 1. The number of aromatic nitrogens is 1. The molecule has 1 aromatic carbocycles. The maximum atomic E-state index is 11.4. The van der Waals surface area contributed by atoms with Gasteiger partial charge in [0.1, 0.15) is 16.9 Å². The molecule has 20 heavy (non-hydrogen) atoms. The fraction of sp³-hybridized carbons (Fsp3) is 0.333. The van der Waals surface area contributed by atoms with Crippen molar-refractivity contribution in [1.29, 1.82) is 0 Å². The maximum Gasteiger partial charge on any atom is 0.315 e. The predicted octanol–water partition coefficient (Wildman–Crippen LogP) is 2.86. The third kappa shape index (κ3) is 1.86. The van der Waals surface area contributed by atoms with Crippen LogP contribution in [0.5, 0.6) is 5.75 Å². The van der Waals surface area contributed by atoms with Gasteiger partial charge >= 0.3 is 5.97 Å². The molecule has 1 N–H and O–H groups in total. The monoisotopic (exact) mass is 273 g/mol. The number of aliphatic carboxylic acids is 1. The fourth-order valence-corrected chi connectivity index (χ4v) is 2.52. The summed E-state index contributed by atoms with van der Waals surface area (Å²) in [5.74, 6) is 0.456. The molecule has 0 unspecified atom stereocenters. The Kier molecular flexibility index (Phi) is 2.97. The van der Waals surface area contributed by atoms with E-state index >= 15 is 0 Å². The van der Waals surface area contributed by atoms with E-state index in [4.69, 9.17) is 9.26 Å². The van der Waals surface area contributed by atoms with Crippen LogP contribution in [-0.4, -0.2) is 23.3 Å². The van der Waals surface area contributed by atoms with Crippen LogP contribution in [0.15, 0.2) is 34.9 Å². The van der Waals surface area contributed by atoms with Crippen molar-refractivity contribution >= 4 is 5.97 Å². The van der Waals surface area contributed by atoms with E-state index in [0.717, 1.165) is 17.7 Å². The molecule has 104 valence electrons. The molecule has 1 saturated carbocycles. The minimum Gasteiger partial charge on any atom is -0.497 e. The fourth-order valence-electron chi connectivity index (χ4n) is 2.52. The molecule has 2 aromatic rings. The number of carbonyl (C=O) groups is 1. The SMILES string of the molecule is COc1cccc(-c2cc(C3(C(=O)O)CCC3)no2)c1. The zero-order valence-electron chi connectivity index (χ0n) is 11.1. The van der Waals surface area contributed by atoms with Gasteiger partial charge in [-0.3, -0.25) is 4.79 Å². The van der Waals surface area contributed by atoms with Gasteiger partial charge in [0.2, 0.25) is 0 Å². The average molecular weight is 273 g/mol. The first-order valence-electron chi connectivity index (χ1n) is 6.51. The van der Waals surface area contributed by atoms with E-state index in [-0.39, 0.29) is 0 Å². The molecular weight excluding hydrogens is 258 g/mol. The van der Waals surface area contributed by atoms with Crippen molar-refractivity contribution in [2.24, 2.45) is 0 Å². The summed E-state index contributed by atoms with van der Waals surface area (Å²) in [5, 5.41) is 13.4. The van der Waals surface area contributed by atoms with Crippen molar-refractivity contribution in [3.8, 4) is 17.1 Å². The van der Waals surface area contributed by atoms with Crippen LogP contribution in [0.2, 0.25) is 0 Å². The average Bonchev–Trinajstić information content (AvgIpc) is 2.87. The normalized spacial score (nSPS) is 16.4. The van der Waals surface area contributed by atoms with Gasteiger partial charge in [-0.2, -0.15) is 0 Å². The summed E-state index contributed by atoms with van der Waals surface area (Å²) in [7, 11) is 1.60. The minimum absolute atomic E-state index is 0.508. The Morgan fingerprint density at radius 2 is 2.20 bits per heavy atom. The molecule has 0 amide bonds. The van der Waals surface area contributed by atoms with Gasteiger partial charge in [0.25, 0.3) is 0 Å². The molecule has 5 nitrogen and oxygen atoms in total. The molecule has 0 radical (unpaired) electrons. The van der Waals surface area contributed by atoms with Crippen molar-refractivity contribution < 1.29 is 19.2 Å². The first-order chi connectivity index (χ1) is 9.65. The molecule has 5 heteroatoms. The lowest BCUT2D eigenvalue weighted by molar-refractivity contribution is -0.147. The summed E-state index contributed by atoms with van der Waals surface area (Å²) in [5.41, 5.74) is 0.470. The number of rotatable bonds is 4. The number of benzene rings is 1. The first-order valence-corrected chi connectivity index (χ1v) is 6.51. The van der Waals surface area contributed by atoms with E-state index in [9.17, 15) is 9.90 Å². The standard InChI is InChI=1S/C15H15NO4/c1-19-11-5-2-4-10(8-11)12-9-13(16-20-12)15(14(17)18)6-3-7-15/h2,4-5,8-9H,3,6-7H2,1H3,(H,17,18). The summed E-state index contributed by atoms with van der Waals surface area (Å²) in [6.45, 7) is 0. The lowest BCUT2D eigenvalue weighted by Gasteiger charge is -2.35. The van der Waals surface area contributed by atoms with E-state index in [1.165, 1.54) is 0 Å². The predicted molar refractivity (Wildman–Crippen MR) is 71.7 cm³/mol. The van der Waals surface area contributed by atoms with Crippen molar-refractivity contribution in [3.63, 3.8) is 0 Å². The second kappa shape index (κ2) is 4.67. The Morgan fingerprint density at radius 3 is 2.80 bits per heavy atom. The molecule has 0 aliphatic heterocycles. The van der Waals surface area contributed by atoms with Gasteiger partial charge in [-0.1, -0.05) is 23.7 Å². The molecule has 1 aliphatic carbocycles. The number of hydrogen-bond acceptors (Lipinski definition) is 4. The van der Waals surface area contributed by atoms with Crippen molar-refractivity contribution in [2.45, 2.75) is 24.7 Å². The largest absolute Gasteiger partial charge is 0.497 e. The summed E-state index contributed by atoms with van der Waals surface area (Å²) in [4.78, 5) is 11.4. The van der Waals surface area contributed by atoms with E-state index in [0.29, 0.717) is 24.3 Å². The van der Waals surface area contributed by atoms with Crippen LogP contribution >= 0.6 is 0 Å². The molecule has 1 heterocycles. The van der Waals surface area contributed by atoms with Crippen LogP contribution in [-0.2, 0) is 10.2 Å². The highest BCUT2D eigenvalue weighted by Crippen LogP contribution is 2.44. The van der Waals surface area contributed by atoms with Crippen LogP contribution in [0, 0.1) is 0 Å². The Hall–Kier alpha value is -2.30. The van der Waals surface area contributed by atoms with E-state index in [2.05, 4.69) is 5.16 Å². The second-order valence-corrected chi connectivity index (χ2v) is 5.05. The lowest BCUT2D eigenvalue weighted by Crippen LogP contribution is -2.42. The highest BCUT2D eigenvalue weighted by atomic mass is 16.5. The third-order valence-corrected chi connectivity index (χ3v) is 3.97. The molecule has 3 rings (SSSR count). The zero-order chi connectivity index (χ0) is 14.2. The highest BCUT2D eigenvalue weighted by molar-refractivity contribution is 5.82. The number of ether oxygens (including phenoxy) is 1.